The van der Waals surface area contributed by atoms with E-state index in [0.717, 1.165) is 52.8 Å². The van der Waals surface area contributed by atoms with Crippen LogP contribution in [0.3, 0.4) is 0 Å². The lowest BCUT2D eigenvalue weighted by Crippen LogP contribution is -2.40. The number of carbonyl (C=O) groups excluding carboxylic acids is 2. The normalized spacial score (nSPS) is 15.5. The molecule has 2 heterocycles. The number of amides is 2. The second-order valence-corrected chi connectivity index (χ2v) is 10.3. The number of aromatic nitrogens is 1. The summed E-state index contributed by atoms with van der Waals surface area (Å²) in [5, 5.41) is 11.4. The predicted molar refractivity (Wildman–Crippen MR) is 147 cm³/mol. The minimum atomic E-state index is -0.417. The molecule has 0 aliphatic carbocycles. The molecule has 4 rings (SSSR count). The second kappa shape index (κ2) is 12.3. The van der Waals surface area contributed by atoms with Gasteiger partial charge >= 0.3 is 0 Å². The van der Waals surface area contributed by atoms with Gasteiger partial charge in [0.25, 0.3) is 0 Å². The van der Waals surface area contributed by atoms with Gasteiger partial charge in [0.1, 0.15) is 11.6 Å². The summed E-state index contributed by atoms with van der Waals surface area (Å²) in [5.41, 5.74) is 3.81. The lowest BCUT2D eigenvalue weighted by atomic mass is 10.0. The number of nitrogens with zero attached hydrogens (tertiary/aromatic N) is 4. The van der Waals surface area contributed by atoms with Gasteiger partial charge in [-0.3, -0.25) is 9.59 Å². The Morgan fingerprint density at radius 3 is 2.55 bits per heavy atom. The third-order valence-electron chi connectivity index (χ3n) is 7.15. The first-order valence-electron chi connectivity index (χ1n) is 13.3. The number of aryl methyl sites for hydroxylation is 1. The Bertz CT molecular complexity index is 1280. The van der Waals surface area contributed by atoms with E-state index in [4.69, 9.17) is 4.98 Å². The summed E-state index contributed by atoms with van der Waals surface area (Å²) in [6.45, 7) is 4.07. The van der Waals surface area contributed by atoms with E-state index >= 15 is 0 Å². The zero-order valence-electron chi connectivity index (χ0n) is 22.5. The Kier molecular flexibility index (Phi) is 8.94. The summed E-state index contributed by atoms with van der Waals surface area (Å²) in [7, 11) is 3.36. The van der Waals surface area contributed by atoms with E-state index in [-0.39, 0.29) is 30.5 Å². The Balaban J connectivity index is 1.65. The molecule has 0 saturated carbocycles. The molecule has 3 aromatic rings. The van der Waals surface area contributed by atoms with Crippen LogP contribution in [0.2, 0.25) is 0 Å². The summed E-state index contributed by atoms with van der Waals surface area (Å²) in [4.78, 5) is 36.0. The average molecular weight is 521 g/mol. The molecular formula is C30H37FN4O3. The number of pyridine rings is 1. The van der Waals surface area contributed by atoms with E-state index in [1.807, 2.05) is 25.1 Å². The highest BCUT2D eigenvalue weighted by molar-refractivity contribution is 5.86. The summed E-state index contributed by atoms with van der Waals surface area (Å²) in [6.07, 6.45) is 2.02. The van der Waals surface area contributed by atoms with Crippen molar-refractivity contribution in [2.45, 2.75) is 51.7 Å². The minimum Gasteiger partial charge on any atom is -0.391 e. The quantitative estimate of drug-likeness (QED) is 0.460. The van der Waals surface area contributed by atoms with Crippen LogP contribution in [0.5, 0.6) is 0 Å². The standard InChI is InChI=1S/C30H37FN4O3/c1-21-6-4-7-23-18-24(30(32-29(21)23)35-16-5-8-26(36)20-35)19-34(28(38)14-13-27(37)33(2)3)17-15-22-9-11-25(31)12-10-22/h4,6-7,9-12,18,26,36H,5,8,13-17,19-20H2,1-3H3. The second-order valence-electron chi connectivity index (χ2n) is 10.3. The number of piperidine rings is 1. The van der Waals surface area contributed by atoms with Crippen LogP contribution in [0.15, 0.2) is 48.5 Å². The summed E-state index contributed by atoms with van der Waals surface area (Å²) < 4.78 is 13.4. The molecule has 0 spiro atoms. The van der Waals surface area contributed by atoms with Crippen molar-refractivity contribution >= 4 is 28.5 Å². The van der Waals surface area contributed by atoms with Crippen LogP contribution < -0.4 is 4.90 Å². The number of aliphatic hydroxyl groups is 1. The van der Waals surface area contributed by atoms with Gasteiger partial charge in [0, 0.05) is 64.1 Å². The molecule has 1 aliphatic heterocycles. The third kappa shape index (κ3) is 6.86. The van der Waals surface area contributed by atoms with Gasteiger partial charge in [-0.15, -0.1) is 0 Å². The fraction of sp³-hybridized carbons (Fsp3) is 0.433. The maximum atomic E-state index is 13.4. The number of hydrogen-bond donors (Lipinski definition) is 1. The maximum Gasteiger partial charge on any atom is 0.223 e. The van der Waals surface area contributed by atoms with Crippen LogP contribution in [-0.2, 0) is 22.6 Å². The van der Waals surface area contributed by atoms with Crippen molar-refractivity contribution < 1.29 is 19.1 Å². The number of fused-ring (bicyclic) bond motifs is 1. The number of hydrogen-bond acceptors (Lipinski definition) is 5. The van der Waals surface area contributed by atoms with Gasteiger partial charge in [0.2, 0.25) is 11.8 Å². The summed E-state index contributed by atoms with van der Waals surface area (Å²) in [5.74, 6) is 0.281. The zero-order chi connectivity index (χ0) is 27.2. The van der Waals surface area contributed by atoms with Crippen molar-refractivity contribution in [2.75, 3.05) is 38.6 Å². The van der Waals surface area contributed by atoms with E-state index in [9.17, 15) is 19.1 Å². The van der Waals surface area contributed by atoms with Crippen LogP contribution in [-0.4, -0.2) is 71.5 Å². The first-order valence-corrected chi connectivity index (χ1v) is 13.3. The van der Waals surface area contributed by atoms with Crippen LogP contribution in [0.25, 0.3) is 10.9 Å². The van der Waals surface area contributed by atoms with Crippen molar-refractivity contribution in [1.29, 1.82) is 0 Å². The molecule has 1 atom stereocenters. The molecule has 1 N–H and O–H groups in total. The Morgan fingerprint density at radius 2 is 1.84 bits per heavy atom. The molecular weight excluding hydrogens is 483 g/mol. The van der Waals surface area contributed by atoms with E-state index < -0.39 is 6.10 Å². The highest BCUT2D eigenvalue weighted by Crippen LogP contribution is 2.29. The van der Waals surface area contributed by atoms with Crippen LogP contribution in [0, 0.1) is 12.7 Å². The van der Waals surface area contributed by atoms with Gasteiger partial charge in [0.15, 0.2) is 0 Å². The SMILES string of the molecule is Cc1cccc2cc(CN(CCc3ccc(F)cc3)C(=O)CCC(=O)N(C)C)c(N3CCCC(O)C3)nc12. The summed E-state index contributed by atoms with van der Waals surface area (Å²) >= 11 is 0. The van der Waals surface area contributed by atoms with Crippen molar-refractivity contribution in [3.8, 4) is 0 Å². The highest BCUT2D eigenvalue weighted by Gasteiger charge is 2.24. The van der Waals surface area contributed by atoms with Crippen LogP contribution in [0.1, 0.15) is 42.4 Å². The third-order valence-corrected chi connectivity index (χ3v) is 7.15. The fourth-order valence-electron chi connectivity index (χ4n) is 4.93. The summed E-state index contributed by atoms with van der Waals surface area (Å²) in [6, 6.07) is 14.5. The maximum absolute atomic E-state index is 13.4. The largest absolute Gasteiger partial charge is 0.391 e. The van der Waals surface area contributed by atoms with Gasteiger partial charge in [-0.1, -0.05) is 30.3 Å². The van der Waals surface area contributed by atoms with Crippen molar-refractivity contribution in [1.82, 2.24) is 14.8 Å². The lowest BCUT2D eigenvalue weighted by Gasteiger charge is -2.34. The van der Waals surface area contributed by atoms with Crippen molar-refractivity contribution in [3.05, 3.63) is 71.0 Å². The Hall–Kier alpha value is -3.52. The predicted octanol–water partition coefficient (Wildman–Crippen LogP) is 4.08. The zero-order valence-corrected chi connectivity index (χ0v) is 22.5. The smallest absolute Gasteiger partial charge is 0.223 e. The minimum absolute atomic E-state index is 0.0947. The van der Waals surface area contributed by atoms with Gasteiger partial charge in [-0.2, -0.15) is 0 Å². The van der Waals surface area contributed by atoms with E-state index in [2.05, 4.69) is 11.0 Å². The number of rotatable bonds is 9. The van der Waals surface area contributed by atoms with Crippen LogP contribution in [0.4, 0.5) is 10.2 Å². The average Bonchev–Trinajstić information content (AvgIpc) is 2.90. The molecule has 8 heteroatoms. The first kappa shape index (κ1) is 27.5. The van der Waals surface area contributed by atoms with E-state index in [1.54, 1.807) is 31.1 Å². The fourth-order valence-corrected chi connectivity index (χ4v) is 4.93. The lowest BCUT2D eigenvalue weighted by molar-refractivity contribution is -0.136. The number of para-hydroxylation sites is 1. The molecule has 1 unspecified atom stereocenters. The van der Waals surface area contributed by atoms with E-state index in [0.29, 0.717) is 26.1 Å². The van der Waals surface area contributed by atoms with Gasteiger partial charge < -0.3 is 19.8 Å². The van der Waals surface area contributed by atoms with Crippen molar-refractivity contribution in [3.63, 3.8) is 0 Å². The van der Waals surface area contributed by atoms with Gasteiger partial charge in [0.05, 0.1) is 11.6 Å². The van der Waals surface area contributed by atoms with Gasteiger partial charge in [-0.25, -0.2) is 9.37 Å². The molecule has 0 radical (unpaired) electrons. The number of carbonyl (C=O) groups is 2. The topological polar surface area (TPSA) is 77.0 Å². The molecule has 1 saturated heterocycles. The van der Waals surface area contributed by atoms with Gasteiger partial charge in [-0.05, 0) is 55.5 Å². The molecule has 1 fully saturated rings. The molecule has 202 valence electrons. The molecule has 0 bridgehead atoms. The molecule has 2 aromatic carbocycles. The first-order chi connectivity index (χ1) is 18.2. The number of aliphatic hydroxyl groups excluding tert-OH is 1. The van der Waals surface area contributed by atoms with Crippen molar-refractivity contribution in [2.24, 2.45) is 0 Å². The number of benzene rings is 2. The van der Waals surface area contributed by atoms with Crippen LogP contribution >= 0.6 is 0 Å². The number of β-amino-alcohol motifs (C(OH)–C–C–N with tert-alkyl or cyclic N) is 1. The molecule has 2 amide bonds. The molecule has 38 heavy (non-hydrogen) atoms. The highest BCUT2D eigenvalue weighted by atomic mass is 19.1. The Morgan fingerprint density at radius 1 is 1.11 bits per heavy atom. The Labute approximate surface area is 223 Å². The van der Waals surface area contributed by atoms with E-state index in [1.165, 1.54) is 17.0 Å². The number of halogens is 1. The number of anilines is 1. The molecule has 1 aliphatic rings. The monoisotopic (exact) mass is 520 g/mol. The molecule has 1 aromatic heterocycles. The molecule has 7 nitrogen and oxygen atoms in total.